The van der Waals surface area contributed by atoms with Crippen LogP contribution in [0.2, 0.25) is 0 Å². The minimum atomic E-state index is -0.388. The molecule has 0 amide bonds. The molecule has 0 unspecified atom stereocenters. The Hall–Kier alpha value is -1.26. The maximum Gasteiger partial charge on any atom is 0.149 e. The first-order valence-electron chi connectivity index (χ1n) is 3.76. The van der Waals surface area contributed by atoms with Crippen molar-refractivity contribution >= 4 is 5.78 Å². The van der Waals surface area contributed by atoms with Crippen molar-refractivity contribution in [3.8, 4) is 0 Å². The van der Waals surface area contributed by atoms with Crippen LogP contribution in [-0.4, -0.2) is 26.4 Å². The van der Waals surface area contributed by atoms with E-state index >= 15 is 0 Å². The Kier molecular flexibility index (Phi) is 2.21. The average Bonchev–Trinajstić information content (AvgIpc) is 2.38. The normalized spacial score (nSPS) is 11.6. The zero-order valence-corrected chi connectivity index (χ0v) is 7.46. The lowest BCUT2D eigenvalue weighted by molar-refractivity contribution is -0.124. The topological polar surface area (TPSA) is 71.5 Å². The molecule has 0 aliphatic rings. The standard InChI is InChI=1S/C7H12N4O/c1-5(12)7(2,3)4-6-8-10-11-9-6/h4H2,1-3H3,(H,8,9,10,11). The van der Waals surface area contributed by atoms with Crippen LogP contribution in [0.15, 0.2) is 0 Å². The Balaban J connectivity index is 2.69. The molecule has 0 fully saturated rings. The Labute approximate surface area is 70.6 Å². The molecule has 0 aromatic carbocycles. The van der Waals surface area contributed by atoms with Gasteiger partial charge in [-0.2, -0.15) is 0 Å². The van der Waals surface area contributed by atoms with Crippen molar-refractivity contribution in [3.63, 3.8) is 0 Å². The van der Waals surface area contributed by atoms with Crippen molar-refractivity contribution in [2.75, 3.05) is 0 Å². The Morgan fingerprint density at radius 1 is 1.58 bits per heavy atom. The minimum Gasteiger partial charge on any atom is -0.299 e. The summed E-state index contributed by atoms with van der Waals surface area (Å²) in [4.78, 5) is 11.1. The molecule has 0 aliphatic carbocycles. The van der Waals surface area contributed by atoms with Crippen molar-refractivity contribution in [2.24, 2.45) is 5.41 Å². The Bertz CT molecular complexity index is 265. The fourth-order valence-electron chi connectivity index (χ4n) is 0.797. The SMILES string of the molecule is CC(=O)C(C)(C)Cc1nnn[nH]1. The first kappa shape index (κ1) is 8.83. The van der Waals surface area contributed by atoms with Crippen LogP contribution in [0.4, 0.5) is 0 Å². The molecule has 0 bridgehead atoms. The highest BCUT2D eigenvalue weighted by atomic mass is 16.1. The van der Waals surface area contributed by atoms with Gasteiger partial charge in [-0.05, 0) is 17.4 Å². The maximum atomic E-state index is 11.1. The number of hydrogen-bond donors (Lipinski definition) is 1. The van der Waals surface area contributed by atoms with E-state index in [0.29, 0.717) is 12.2 Å². The molecule has 5 heteroatoms. The summed E-state index contributed by atoms with van der Waals surface area (Å²) in [5.74, 6) is 0.786. The van der Waals surface area contributed by atoms with Crippen LogP contribution in [0.1, 0.15) is 26.6 Å². The second-order valence-corrected chi connectivity index (χ2v) is 3.46. The fourth-order valence-corrected chi connectivity index (χ4v) is 0.797. The van der Waals surface area contributed by atoms with Crippen molar-refractivity contribution in [2.45, 2.75) is 27.2 Å². The number of ketones is 1. The molecule has 1 rings (SSSR count). The van der Waals surface area contributed by atoms with Gasteiger partial charge in [0, 0.05) is 11.8 Å². The molecule has 0 atom stereocenters. The molecule has 0 saturated heterocycles. The van der Waals surface area contributed by atoms with Crippen LogP contribution < -0.4 is 0 Å². The van der Waals surface area contributed by atoms with Gasteiger partial charge in [0.1, 0.15) is 11.6 Å². The van der Waals surface area contributed by atoms with Crippen LogP contribution in [-0.2, 0) is 11.2 Å². The predicted octanol–water partition coefficient (Wildman–Crippen LogP) is 0.357. The molecule has 0 saturated carbocycles. The molecule has 5 nitrogen and oxygen atoms in total. The molecular formula is C7H12N4O. The second kappa shape index (κ2) is 3.00. The van der Waals surface area contributed by atoms with Crippen molar-refractivity contribution in [1.29, 1.82) is 0 Å². The highest BCUT2D eigenvalue weighted by molar-refractivity contribution is 5.81. The van der Waals surface area contributed by atoms with Gasteiger partial charge in [0.05, 0.1) is 0 Å². The lowest BCUT2D eigenvalue weighted by Crippen LogP contribution is -2.24. The molecule has 1 aromatic heterocycles. The van der Waals surface area contributed by atoms with Crippen LogP contribution in [0, 0.1) is 5.41 Å². The summed E-state index contributed by atoms with van der Waals surface area (Å²) < 4.78 is 0. The van der Waals surface area contributed by atoms with Gasteiger partial charge in [-0.1, -0.05) is 13.8 Å². The number of H-pyrrole nitrogens is 1. The summed E-state index contributed by atoms with van der Waals surface area (Å²) in [6.07, 6.45) is 0.551. The largest absolute Gasteiger partial charge is 0.299 e. The smallest absolute Gasteiger partial charge is 0.149 e. The van der Waals surface area contributed by atoms with E-state index in [1.807, 2.05) is 13.8 Å². The van der Waals surface area contributed by atoms with Crippen LogP contribution in [0.5, 0.6) is 0 Å². The van der Waals surface area contributed by atoms with E-state index in [0.717, 1.165) is 0 Å². The first-order chi connectivity index (χ1) is 5.52. The van der Waals surface area contributed by atoms with Gasteiger partial charge in [0.15, 0.2) is 0 Å². The number of nitrogens with one attached hydrogen (secondary N) is 1. The summed E-state index contributed by atoms with van der Waals surface area (Å²) in [6, 6.07) is 0. The number of carbonyl (C=O) groups is 1. The number of hydrogen-bond acceptors (Lipinski definition) is 4. The monoisotopic (exact) mass is 168 g/mol. The summed E-state index contributed by atoms with van der Waals surface area (Å²) in [5.41, 5.74) is -0.388. The first-order valence-corrected chi connectivity index (χ1v) is 3.76. The van der Waals surface area contributed by atoms with E-state index in [-0.39, 0.29) is 11.2 Å². The Morgan fingerprint density at radius 3 is 2.67 bits per heavy atom. The number of rotatable bonds is 3. The molecule has 0 radical (unpaired) electrons. The fraction of sp³-hybridized carbons (Fsp3) is 0.714. The van der Waals surface area contributed by atoms with Gasteiger partial charge in [0.25, 0.3) is 0 Å². The van der Waals surface area contributed by atoms with Gasteiger partial charge in [-0.15, -0.1) is 5.10 Å². The van der Waals surface area contributed by atoms with Crippen molar-refractivity contribution in [3.05, 3.63) is 5.82 Å². The third-order valence-corrected chi connectivity index (χ3v) is 1.95. The van der Waals surface area contributed by atoms with Gasteiger partial charge in [-0.25, -0.2) is 5.10 Å². The van der Waals surface area contributed by atoms with Gasteiger partial charge >= 0.3 is 0 Å². The molecule has 66 valence electrons. The molecule has 1 N–H and O–H groups in total. The third kappa shape index (κ3) is 1.87. The Morgan fingerprint density at radius 2 is 2.25 bits per heavy atom. The van der Waals surface area contributed by atoms with Crippen LogP contribution in [0.3, 0.4) is 0 Å². The van der Waals surface area contributed by atoms with E-state index in [9.17, 15) is 4.79 Å². The number of carbonyl (C=O) groups excluding carboxylic acids is 1. The van der Waals surface area contributed by atoms with Crippen molar-refractivity contribution in [1.82, 2.24) is 20.6 Å². The maximum absolute atomic E-state index is 11.1. The van der Waals surface area contributed by atoms with Crippen molar-refractivity contribution < 1.29 is 4.79 Å². The van der Waals surface area contributed by atoms with E-state index in [1.54, 1.807) is 6.92 Å². The van der Waals surface area contributed by atoms with Crippen LogP contribution in [0.25, 0.3) is 0 Å². The van der Waals surface area contributed by atoms with Gasteiger partial charge in [-0.3, -0.25) is 4.79 Å². The molecule has 1 heterocycles. The summed E-state index contributed by atoms with van der Waals surface area (Å²) in [5, 5.41) is 13.2. The van der Waals surface area contributed by atoms with E-state index < -0.39 is 0 Å². The minimum absolute atomic E-state index is 0.138. The molecular weight excluding hydrogens is 156 g/mol. The number of aromatic amines is 1. The zero-order chi connectivity index (χ0) is 9.19. The van der Waals surface area contributed by atoms with Gasteiger partial charge < -0.3 is 0 Å². The van der Waals surface area contributed by atoms with Crippen LogP contribution >= 0.6 is 0 Å². The van der Waals surface area contributed by atoms with E-state index in [2.05, 4.69) is 20.6 Å². The van der Waals surface area contributed by atoms with E-state index in [4.69, 9.17) is 0 Å². The summed E-state index contributed by atoms with van der Waals surface area (Å²) in [7, 11) is 0. The molecule has 1 aromatic rings. The average molecular weight is 168 g/mol. The molecule has 12 heavy (non-hydrogen) atoms. The number of tetrazole rings is 1. The van der Waals surface area contributed by atoms with Gasteiger partial charge in [0.2, 0.25) is 0 Å². The lowest BCUT2D eigenvalue weighted by atomic mass is 9.85. The number of nitrogens with zero attached hydrogens (tertiary/aromatic N) is 3. The highest BCUT2D eigenvalue weighted by Gasteiger charge is 2.25. The van der Waals surface area contributed by atoms with E-state index in [1.165, 1.54) is 0 Å². The summed E-state index contributed by atoms with van der Waals surface area (Å²) in [6.45, 7) is 5.32. The molecule has 0 aliphatic heterocycles. The predicted molar refractivity (Wildman–Crippen MR) is 42.3 cm³/mol. The summed E-state index contributed by atoms with van der Waals surface area (Å²) >= 11 is 0. The quantitative estimate of drug-likeness (QED) is 0.707. The number of Topliss-reactive ketones (excluding diaryl/α,β-unsaturated/α-hetero) is 1. The third-order valence-electron chi connectivity index (χ3n) is 1.95. The highest BCUT2D eigenvalue weighted by Crippen LogP contribution is 2.20. The second-order valence-electron chi connectivity index (χ2n) is 3.46. The lowest BCUT2D eigenvalue weighted by Gasteiger charge is -2.18. The molecule has 0 spiro atoms. The number of aromatic nitrogens is 4. The zero-order valence-electron chi connectivity index (χ0n) is 7.46.